The number of fused-ring (bicyclic) bond motifs is 1. The van der Waals surface area contributed by atoms with Crippen LogP contribution in [0.3, 0.4) is 0 Å². The van der Waals surface area contributed by atoms with E-state index in [1.807, 2.05) is 20.8 Å². The molecule has 3 aromatic rings. The quantitative estimate of drug-likeness (QED) is 0.772. The summed E-state index contributed by atoms with van der Waals surface area (Å²) in [6.45, 7) is 5.77. The minimum Gasteiger partial charge on any atom is -0.342 e. The van der Waals surface area contributed by atoms with E-state index in [0.717, 1.165) is 16.9 Å². The van der Waals surface area contributed by atoms with Crippen LogP contribution in [0.5, 0.6) is 0 Å². The van der Waals surface area contributed by atoms with E-state index < -0.39 is 10.0 Å². The second kappa shape index (κ2) is 5.13. The minimum atomic E-state index is -3.70. The number of sulfonamides is 1. The molecular formula is C14H17N5O2S. The van der Waals surface area contributed by atoms with E-state index in [0.29, 0.717) is 5.69 Å². The maximum Gasteiger partial charge on any atom is 0.280 e. The number of hydrogen-bond donors (Lipinski definition) is 2. The maximum absolute atomic E-state index is 12.4. The highest BCUT2D eigenvalue weighted by Crippen LogP contribution is 2.20. The van der Waals surface area contributed by atoms with Crippen LogP contribution in [0.15, 0.2) is 35.7 Å². The van der Waals surface area contributed by atoms with Crippen LogP contribution in [0.1, 0.15) is 25.7 Å². The molecule has 22 heavy (non-hydrogen) atoms. The summed E-state index contributed by atoms with van der Waals surface area (Å²) in [5, 5.41) is 0.00193. The third kappa shape index (κ3) is 2.69. The van der Waals surface area contributed by atoms with E-state index in [4.69, 9.17) is 0 Å². The summed E-state index contributed by atoms with van der Waals surface area (Å²) in [6.07, 6.45) is 3.03. The van der Waals surface area contributed by atoms with Gasteiger partial charge < -0.3 is 9.55 Å². The standard InChI is InChI=1S/C14H17N5O2S/c1-9(2)19-7-14(15-8-19)22(20,21)18-11-4-5-12-13(6-11)17-10(3)16-12/h4-9,18H,1-3H3,(H,16,17). The number of hydrogen-bond acceptors (Lipinski definition) is 4. The van der Waals surface area contributed by atoms with Crippen LogP contribution in [0.4, 0.5) is 5.69 Å². The number of nitrogens with zero attached hydrogens (tertiary/aromatic N) is 3. The molecule has 0 saturated heterocycles. The molecule has 2 aromatic heterocycles. The molecule has 7 nitrogen and oxygen atoms in total. The SMILES string of the molecule is Cc1nc2ccc(NS(=O)(=O)c3cn(C(C)C)cn3)cc2[nH]1. The van der Waals surface area contributed by atoms with Crippen molar-refractivity contribution in [1.29, 1.82) is 0 Å². The molecule has 2 heterocycles. The number of benzene rings is 1. The zero-order valence-corrected chi connectivity index (χ0v) is 13.3. The number of aryl methyl sites for hydroxylation is 1. The average Bonchev–Trinajstić information content (AvgIpc) is 3.03. The van der Waals surface area contributed by atoms with Crippen LogP contribution in [0.25, 0.3) is 11.0 Å². The molecule has 0 aliphatic heterocycles. The summed E-state index contributed by atoms with van der Waals surface area (Å²) in [7, 11) is -3.70. The van der Waals surface area contributed by atoms with Gasteiger partial charge in [0.2, 0.25) is 0 Å². The van der Waals surface area contributed by atoms with Gasteiger partial charge >= 0.3 is 0 Å². The molecular weight excluding hydrogens is 302 g/mol. The van der Waals surface area contributed by atoms with Gasteiger partial charge in [-0.05, 0) is 39.0 Å². The molecule has 116 valence electrons. The Morgan fingerprint density at radius 2 is 2.09 bits per heavy atom. The van der Waals surface area contributed by atoms with Gasteiger partial charge in [-0.25, -0.2) is 9.97 Å². The van der Waals surface area contributed by atoms with Crippen LogP contribution >= 0.6 is 0 Å². The summed E-state index contributed by atoms with van der Waals surface area (Å²) in [5.74, 6) is 0.783. The molecule has 0 aliphatic rings. The van der Waals surface area contributed by atoms with Crippen LogP contribution in [-0.2, 0) is 10.0 Å². The number of nitrogens with one attached hydrogen (secondary N) is 2. The Hall–Kier alpha value is -2.35. The van der Waals surface area contributed by atoms with Crippen molar-refractivity contribution in [3.8, 4) is 0 Å². The fourth-order valence-electron chi connectivity index (χ4n) is 2.15. The lowest BCUT2D eigenvalue weighted by molar-refractivity contribution is 0.591. The van der Waals surface area contributed by atoms with Crippen molar-refractivity contribution in [2.24, 2.45) is 0 Å². The smallest absolute Gasteiger partial charge is 0.280 e. The Kier molecular flexibility index (Phi) is 3.40. The van der Waals surface area contributed by atoms with Crippen LogP contribution < -0.4 is 4.72 Å². The van der Waals surface area contributed by atoms with Gasteiger partial charge in [0.25, 0.3) is 10.0 Å². The molecule has 1 aromatic carbocycles. The molecule has 0 fully saturated rings. The van der Waals surface area contributed by atoms with E-state index in [1.165, 1.54) is 12.5 Å². The van der Waals surface area contributed by atoms with Crippen molar-refractivity contribution in [3.05, 3.63) is 36.5 Å². The van der Waals surface area contributed by atoms with Crippen molar-refractivity contribution >= 4 is 26.7 Å². The van der Waals surface area contributed by atoms with Crippen molar-refractivity contribution in [2.45, 2.75) is 31.8 Å². The van der Waals surface area contributed by atoms with Crippen molar-refractivity contribution in [2.75, 3.05) is 4.72 Å². The zero-order valence-electron chi connectivity index (χ0n) is 12.5. The first-order chi connectivity index (χ1) is 10.3. The van der Waals surface area contributed by atoms with Gasteiger partial charge in [-0.3, -0.25) is 4.72 Å². The highest BCUT2D eigenvalue weighted by Gasteiger charge is 2.18. The number of imidazole rings is 2. The molecule has 0 saturated carbocycles. The number of H-pyrrole nitrogens is 1. The maximum atomic E-state index is 12.4. The van der Waals surface area contributed by atoms with Crippen molar-refractivity contribution < 1.29 is 8.42 Å². The predicted octanol–water partition coefficient (Wildman–Crippen LogP) is 2.45. The molecule has 0 unspecified atom stereocenters. The first-order valence-corrected chi connectivity index (χ1v) is 8.36. The lowest BCUT2D eigenvalue weighted by atomic mass is 10.3. The topological polar surface area (TPSA) is 92.7 Å². The number of rotatable bonds is 4. The molecule has 3 rings (SSSR count). The first kappa shape index (κ1) is 14.6. The molecule has 2 N–H and O–H groups in total. The summed E-state index contributed by atoms with van der Waals surface area (Å²) in [4.78, 5) is 11.3. The zero-order chi connectivity index (χ0) is 15.9. The monoisotopic (exact) mass is 319 g/mol. The van der Waals surface area contributed by atoms with E-state index in [2.05, 4.69) is 19.7 Å². The van der Waals surface area contributed by atoms with Gasteiger partial charge in [0.15, 0.2) is 5.03 Å². The van der Waals surface area contributed by atoms with Gasteiger partial charge in [-0.2, -0.15) is 8.42 Å². The Morgan fingerprint density at radius 3 is 2.77 bits per heavy atom. The van der Waals surface area contributed by atoms with Crippen LogP contribution in [0, 0.1) is 6.92 Å². The summed E-state index contributed by atoms with van der Waals surface area (Å²) >= 11 is 0. The Labute approximate surface area is 128 Å². The molecule has 0 aliphatic carbocycles. The van der Waals surface area contributed by atoms with E-state index in [1.54, 1.807) is 22.8 Å². The molecule has 0 spiro atoms. The fourth-order valence-corrected chi connectivity index (χ4v) is 3.14. The van der Waals surface area contributed by atoms with E-state index >= 15 is 0 Å². The summed E-state index contributed by atoms with van der Waals surface area (Å²) < 4.78 is 29.0. The van der Waals surface area contributed by atoms with Crippen molar-refractivity contribution in [1.82, 2.24) is 19.5 Å². The van der Waals surface area contributed by atoms with Gasteiger partial charge in [0.05, 0.1) is 23.0 Å². The largest absolute Gasteiger partial charge is 0.342 e. The number of anilines is 1. The molecule has 8 heteroatoms. The number of aromatic amines is 1. The lowest BCUT2D eigenvalue weighted by Crippen LogP contribution is -2.13. The van der Waals surface area contributed by atoms with Crippen molar-refractivity contribution in [3.63, 3.8) is 0 Å². The Morgan fingerprint density at radius 1 is 1.32 bits per heavy atom. The van der Waals surface area contributed by atoms with Gasteiger partial charge in [-0.1, -0.05) is 0 Å². The average molecular weight is 319 g/mol. The van der Waals surface area contributed by atoms with Gasteiger partial charge in [0, 0.05) is 12.2 Å². The Balaban J connectivity index is 1.91. The third-order valence-electron chi connectivity index (χ3n) is 3.30. The Bertz CT molecular complexity index is 924. The first-order valence-electron chi connectivity index (χ1n) is 6.88. The highest BCUT2D eigenvalue weighted by atomic mass is 32.2. The van der Waals surface area contributed by atoms with Crippen LogP contribution in [-0.4, -0.2) is 27.9 Å². The molecule has 0 amide bonds. The minimum absolute atomic E-state index is 0.00193. The second-order valence-corrected chi connectivity index (χ2v) is 7.04. The third-order valence-corrected chi connectivity index (χ3v) is 4.57. The molecule has 0 bridgehead atoms. The molecule has 0 radical (unpaired) electrons. The predicted molar refractivity (Wildman–Crippen MR) is 84.3 cm³/mol. The normalized spacial score (nSPS) is 12.2. The van der Waals surface area contributed by atoms with Gasteiger partial charge in [0.1, 0.15) is 5.82 Å². The lowest BCUT2D eigenvalue weighted by Gasteiger charge is -2.06. The fraction of sp³-hybridized carbons (Fsp3) is 0.286. The van der Waals surface area contributed by atoms with E-state index in [-0.39, 0.29) is 11.1 Å². The second-order valence-electron chi connectivity index (χ2n) is 5.41. The molecule has 0 atom stereocenters. The van der Waals surface area contributed by atoms with E-state index in [9.17, 15) is 8.42 Å². The van der Waals surface area contributed by atoms with Crippen LogP contribution in [0.2, 0.25) is 0 Å². The summed E-state index contributed by atoms with van der Waals surface area (Å²) in [5.41, 5.74) is 2.05. The summed E-state index contributed by atoms with van der Waals surface area (Å²) in [6, 6.07) is 5.32. The highest BCUT2D eigenvalue weighted by molar-refractivity contribution is 7.92. The van der Waals surface area contributed by atoms with Gasteiger partial charge in [-0.15, -0.1) is 0 Å². The number of aromatic nitrogens is 4.